The number of aromatic carboxylic acids is 1. The summed E-state index contributed by atoms with van der Waals surface area (Å²) in [5, 5.41) is 34.5. The molecular weight excluding hydrogens is 389 g/mol. The molecule has 0 bridgehead atoms. The summed E-state index contributed by atoms with van der Waals surface area (Å²) in [5.74, 6) is -1.17. The summed E-state index contributed by atoms with van der Waals surface area (Å²) in [5.41, 5.74) is -2.42. The molecular formula is C15H9F3N4O6. The van der Waals surface area contributed by atoms with Crippen molar-refractivity contribution in [3.8, 4) is 0 Å². The number of carbonyl (C=O) groups is 1. The van der Waals surface area contributed by atoms with Gasteiger partial charge in [0, 0.05) is 12.1 Å². The summed E-state index contributed by atoms with van der Waals surface area (Å²) >= 11 is 0. The Morgan fingerprint density at radius 2 is 1.57 bits per heavy atom. The first-order valence-corrected chi connectivity index (χ1v) is 7.17. The number of nitrogens with zero attached hydrogens (tertiary/aromatic N) is 3. The molecule has 0 saturated heterocycles. The van der Waals surface area contributed by atoms with Crippen LogP contribution in [0, 0.1) is 20.2 Å². The largest absolute Gasteiger partial charge is 0.478 e. The lowest BCUT2D eigenvalue weighted by molar-refractivity contribution is -0.392. The highest BCUT2D eigenvalue weighted by molar-refractivity contribution is 5.89. The molecule has 10 nitrogen and oxygen atoms in total. The first-order chi connectivity index (χ1) is 13.0. The number of rotatable bonds is 6. The number of alkyl halides is 3. The van der Waals surface area contributed by atoms with E-state index < -0.39 is 44.6 Å². The van der Waals surface area contributed by atoms with Crippen LogP contribution in [0.25, 0.3) is 0 Å². The maximum atomic E-state index is 12.8. The third kappa shape index (κ3) is 4.57. The van der Waals surface area contributed by atoms with Crippen molar-refractivity contribution in [2.75, 3.05) is 5.43 Å². The topological polar surface area (TPSA) is 148 Å². The number of anilines is 1. The van der Waals surface area contributed by atoms with E-state index in [1.165, 1.54) is 24.3 Å². The van der Waals surface area contributed by atoms with Crippen LogP contribution in [-0.4, -0.2) is 27.1 Å². The van der Waals surface area contributed by atoms with Crippen LogP contribution in [0.5, 0.6) is 0 Å². The highest BCUT2D eigenvalue weighted by Crippen LogP contribution is 2.41. The monoisotopic (exact) mass is 398 g/mol. The molecule has 2 aromatic rings. The molecule has 0 amide bonds. The standard InChI is InChI=1S/C15H9F3N4O6/c16-15(17,18)10-5-11(21(25)26)13(12(6-10)22(27)28)20-19-7-8-1-3-9(4-2-8)14(23)24/h1-7,20H,(H,23,24)/b19-7-. The highest BCUT2D eigenvalue weighted by Gasteiger charge is 2.37. The predicted octanol–water partition coefficient (Wildman–Crippen LogP) is 3.67. The Morgan fingerprint density at radius 1 is 1.07 bits per heavy atom. The Bertz CT molecular complexity index is 938. The number of nitro groups is 2. The lowest BCUT2D eigenvalue weighted by Crippen LogP contribution is -2.09. The molecule has 28 heavy (non-hydrogen) atoms. The molecule has 0 aliphatic rings. The van der Waals surface area contributed by atoms with Gasteiger partial charge in [0.05, 0.1) is 27.2 Å². The minimum Gasteiger partial charge on any atom is -0.478 e. The van der Waals surface area contributed by atoms with Crippen molar-refractivity contribution in [2.24, 2.45) is 5.10 Å². The summed E-state index contributed by atoms with van der Waals surface area (Å²) in [7, 11) is 0. The number of halogens is 3. The van der Waals surface area contributed by atoms with Gasteiger partial charge in [-0.1, -0.05) is 12.1 Å². The van der Waals surface area contributed by atoms with Gasteiger partial charge in [0.25, 0.3) is 0 Å². The van der Waals surface area contributed by atoms with Gasteiger partial charge in [-0.3, -0.25) is 25.7 Å². The zero-order chi connectivity index (χ0) is 21.1. The van der Waals surface area contributed by atoms with Crippen LogP contribution in [0.2, 0.25) is 0 Å². The van der Waals surface area contributed by atoms with Crippen molar-refractivity contribution in [3.63, 3.8) is 0 Å². The van der Waals surface area contributed by atoms with Crippen LogP contribution in [0.15, 0.2) is 41.5 Å². The van der Waals surface area contributed by atoms with Gasteiger partial charge in [0.15, 0.2) is 0 Å². The van der Waals surface area contributed by atoms with Crippen LogP contribution in [0.1, 0.15) is 21.5 Å². The molecule has 2 rings (SSSR count). The molecule has 13 heteroatoms. The number of benzene rings is 2. The Morgan fingerprint density at radius 3 is 1.96 bits per heavy atom. The van der Waals surface area contributed by atoms with E-state index in [-0.39, 0.29) is 17.7 Å². The van der Waals surface area contributed by atoms with Gasteiger partial charge in [-0.2, -0.15) is 18.3 Å². The summed E-state index contributed by atoms with van der Waals surface area (Å²) in [4.78, 5) is 30.5. The molecule has 0 heterocycles. The number of carboxylic acid groups (broad SMARTS) is 1. The molecule has 0 atom stereocenters. The lowest BCUT2D eigenvalue weighted by Gasteiger charge is -2.09. The summed E-state index contributed by atoms with van der Waals surface area (Å²) in [6.07, 6.45) is -3.97. The van der Waals surface area contributed by atoms with Crippen molar-refractivity contribution in [3.05, 3.63) is 73.3 Å². The first kappa shape index (κ1) is 20.3. The Balaban J connectivity index is 2.42. The highest BCUT2D eigenvalue weighted by atomic mass is 19.4. The normalized spacial score (nSPS) is 11.4. The predicted molar refractivity (Wildman–Crippen MR) is 89.4 cm³/mol. The Hall–Kier alpha value is -4.03. The summed E-state index contributed by atoms with van der Waals surface area (Å²) in [6, 6.07) is 5.48. The van der Waals surface area contributed by atoms with Gasteiger partial charge in [-0.05, 0) is 17.7 Å². The number of hydrazone groups is 1. The smallest absolute Gasteiger partial charge is 0.416 e. The third-order valence-corrected chi connectivity index (χ3v) is 3.37. The molecule has 0 radical (unpaired) electrons. The van der Waals surface area contributed by atoms with Crippen LogP contribution < -0.4 is 5.43 Å². The summed E-state index contributed by atoms with van der Waals surface area (Å²) < 4.78 is 38.5. The zero-order valence-electron chi connectivity index (χ0n) is 13.5. The molecule has 0 fully saturated rings. The van der Waals surface area contributed by atoms with E-state index in [1.54, 1.807) is 0 Å². The van der Waals surface area contributed by atoms with Crippen molar-refractivity contribution in [2.45, 2.75) is 6.18 Å². The van der Waals surface area contributed by atoms with Gasteiger partial charge in [-0.15, -0.1) is 0 Å². The van der Waals surface area contributed by atoms with Gasteiger partial charge in [0.2, 0.25) is 5.69 Å². The van der Waals surface area contributed by atoms with Crippen LogP contribution in [0.4, 0.5) is 30.2 Å². The fraction of sp³-hybridized carbons (Fsp3) is 0.0667. The molecule has 2 aromatic carbocycles. The van der Waals surface area contributed by atoms with E-state index >= 15 is 0 Å². The van der Waals surface area contributed by atoms with Gasteiger partial charge in [-0.25, -0.2) is 4.79 Å². The SMILES string of the molecule is O=C(O)c1ccc(/C=N\Nc2c([N+](=O)[O-])cc(C(F)(F)F)cc2[N+](=O)[O-])cc1. The minimum atomic E-state index is -5.02. The molecule has 2 N–H and O–H groups in total. The number of nitro benzene ring substituents is 2. The second-order valence-corrected chi connectivity index (χ2v) is 5.20. The van der Waals surface area contributed by atoms with Crippen molar-refractivity contribution >= 4 is 29.2 Å². The van der Waals surface area contributed by atoms with Gasteiger partial charge >= 0.3 is 23.5 Å². The number of carboxylic acids is 1. The summed E-state index contributed by atoms with van der Waals surface area (Å²) in [6.45, 7) is 0. The quantitative estimate of drug-likeness (QED) is 0.428. The number of nitrogens with one attached hydrogen (secondary N) is 1. The fourth-order valence-corrected chi connectivity index (χ4v) is 2.06. The van der Waals surface area contributed by atoms with Crippen LogP contribution in [-0.2, 0) is 6.18 Å². The van der Waals surface area contributed by atoms with Crippen molar-refractivity contribution < 1.29 is 32.9 Å². The van der Waals surface area contributed by atoms with E-state index in [0.717, 1.165) is 6.21 Å². The molecule has 0 aliphatic carbocycles. The molecule has 0 aliphatic heterocycles. The molecule has 146 valence electrons. The van der Waals surface area contributed by atoms with E-state index in [0.29, 0.717) is 5.56 Å². The van der Waals surface area contributed by atoms with Gasteiger partial charge in [0.1, 0.15) is 0 Å². The maximum absolute atomic E-state index is 12.8. The van der Waals surface area contributed by atoms with Crippen LogP contribution in [0.3, 0.4) is 0 Å². The van der Waals surface area contributed by atoms with Crippen LogP contribution >= 0.6 is 0 Å². The Kier molecular flexibility index (Phi) is 5.57. The average molecular weight is 398 g/mol. The van der Waals surface area contributed by atoms with E-state index in [4.69, 9.17) is 5.11 Å². The molecule has 0 unspecified atom stereocenters. The minimum absolute atomic E-state index is 0.0147. The van der Waals surface area contributed by atoms with Crippen molar-refractivity contribution in [1.82, 2.24) is 0 Å². The fourth-order valence-electron chi connectivity index (χ4n) is 2.06. The number of hydrogen-bond donors (Lipinski definition) is 2. The third-order valence-electron chi connectivity index (χ3n) is 3.37. The zero-order valence-corrected chi connectivity index (χ0v) is 13.5. The maximum Gasteiger partial charge on any atom is 0.416 e. The Labute approximate surface area is 153 Å². The lowest BCUT2D eigenvalue weighted by atomic mass is 10.1. The van der Waals surface area contributed by atoms with Crippen molar-refractivity contribution in [1.29, 1.82) is 0 Å². The first-order valence-electron chi connectivity index (χ1n) is 7.17. The van der Waals surface area contributed by atoms with E-state index in [9.17, 15) is 38.2 Å². The van der Waals surface area contributed by atoms with E-state index in [1.807, 2.05) is 5.43 Å². The second-order valence-electron chi connectivity index (χ2n) is 5.20. The molecule has 0 aromatic heterocycles. The average Bonchev–Trinajstić information content (AvgIpc) is 2.60. The number of hydrogen-bond acceptors (Lipinski definition) is 7. The molecule has 0 spiro atoms. The molecule has 0 saturated carbocycles. The van der Waals surface area contributed by atoms with E-state index in [2.05, 4.69) is 5.10 Å². The van der Waals surface area contributed by atoms with Gasteiger partial charge < -0.3 is 5.11 Å². The second kappa shape index (κ2) is 7.69.